The summed E-state index contributed by atoms with van der Waals surface area (Å²) in [6, 6.07) is 7.19. The van der Waals surface area contributed by atoms with Crippen molar-refractivity contribution in [3.8, 4) is 0 Å². The summed E-state index contributed by atoms with van der Waals surface area (Å²) < 4.78 is 26.3. The molecular weight excluding hydrogens is 348 g/mol. The van der Waals surface area contributed by atoms with Gasteiger partial charge in [-0.3, -0.25) is 0 Å². The lowest BCUT2D eigenvalue weighted by atomic mass is 10.1. The highest BCUT2D eigenvalue weighted by molar-refractivity contribution is 7.89. The van der Waals surface area contributed by atoms with E-state index in [1.807, 2.05) is 13.8 Å². The van der Waals surface area contributed by atoms with Crippen LogP contribution >= 0.6 is 0 Å². The molecule has 1 aliphatic carbocycles. The highest BCUT2D eigenvalue weighted by Gasteiger charge is 2.22. The minimum absolute atomic E-state index is 0.0841. The number of hydrogen-bond donors (Lipinski definition) is 2. The van der Waals surface area contributed by atoms with Crippen LogP contribution in [0.25, 0.3) is 0 Å². The van der Waals surface area contributed by atoms with Crippen molar-refractivity contribution in [2.24, 2.45) is 10.7 Å². The molecule has 1 aromatic carbocycles. The first-order valence-electron chi connectivity index (χ1n) is 9.44. The number of nitrogens with two attached hydrogens (primary N) is 1. The van der Waals surface area contributed by atoms with Gasteiger partial charge >= 0.3 is 0 Å². The van der Waals surface area contributed by atoms with E-state index in [0.29, 0.717) is 23.4 Å². The lowest BCUT2D eigenvalue weighted by Crippen LogP contribution is -2.39. The molecule has 7 heteroatoms. The van der Waals surface area contributed by atoms with Crippen molar-refractivity contribution in [3.05, 3.63) is 29.8 Å². The maximum Gasteiger partial charge on any atom is 0.243 e. The molecule has 1 saturated carbocycles. The summed E-state index contributed by atoms with van der Waals surface area (Å²) in [4.78, 5) is 4.69. The Balaban J connectivity index is 1.96. The molecule has 146 valence electrons. The fraction of sp³-hybridized carbons (Fsp3) is 0.632. The zero-order valence-electron chi connectivity index (χ0n) is 16.1. The Morgan fingerprint density at radius 1 is 1.19 bits per heavy atom. The van der Waals surface area contributed by atoms with Crippen LogP contribution < -0.4 is 11.1 Å². The zero-order chi connectivity index (χ0) is 19.2. The maximum atomic E-state index is 12.5. The molecule has 0 heterocycles. The summed E-state index contributed by atoms with van der Waals surface area (Å²) in [5.41, 5.74) is 6.94. The topological polar surface area (TPSA) is 87.8 Å². The van der Waals surface area contributed by atoms with E-state index in [0.717, 1.165) is 18.4 Å². The van der Waals surface area contributed by atoms with E-state index in [2.05, 4.69) is 10.3 Å². The first-order chi connectivity index (χ1) is 12.3. The molecule has 0 saturated heterocycles. The zero-order valence-corrected chi connectivity index (χ0v) is 16.9. The number of guanidine groups is 1. The molecule has 0 aliphatic heterocycles. The Morgan fingerprint density at radius 2 is 1.77 bits per heavy atom. The van der Waals surface area contributed by atoms with E-state index in [-0.39, 0.29) is 6.04 Å². The Morgan fingerprint density at radius 3 is 2.31 bits per heavy atom. The van der Waals surface area contributed by atoms with E-state index in [9.17, 15) is 8.42 Å². The Labute approximate surface area is 157 Å². The Bertz CT molecular complexity index is 691. The van der Waals surface area contributed by atoms with E-state index >= 15 is 0 Å². The highest BCUT2D eigenvalue weighted by atomic mass is 32.2. The molecule has 3 N–H and O–H groups in total. The summed E-state index contributed by atoms with van der Waals surface area (Å²) in [5, 5.41) is 3.32. The largest absolute Gasteiger partial charge is 0.370 e. The average Bonchev–Trinajstić information content (AvgIpc) is 2.88. The van der Waals surface area contributed by atoms with Gasteiger partial charge in [0.05, 0.1) is 11.4 Å². The molecule has 0 amide bonds. The van der Waals surface area contributed by atoms with Crippen LogP contribution in [0.5, 0.6) is 0 Å². The predicted octanol–water partition coefficient (Wildman–Crippen LogP) is 2.84. The van der Waals surface area contributed by atoms with E-state index in [4.69, 9.17) is 5.73 Å². The fourth-order valence-corrected chi connectivity index (χ4v) is 4.43. The lowest BCUT2D eigenvalue weighted by Gasteiger charge is -2.21. The summed E-state index contributed by atoms with van der Waals surface area (Å²) >= 11 is 0. The molecule has 0 unspecified atom stereocenters. The third kappa shape index (κ3) is 5.71. The van der Waals surface area contributed by atoms with Crippen molar-refractivity contribution < 1.29 is 8.42 Å². The molecule has 0 spiro atoms. The van der Waals surface area contributed by atoms with E-state index in [1.165, 1.54) is 30.0 Å². The summed E-state index contributed by atoms with van der Waals surface area (Å²) in [7, 11) is -1.85. The molecule has 2 rings (SSSR count). The van der Waals surface area contributed by atoms with Crippen LogP contribution in [0.1, 0.15) is 57.9 Å². The molecule has 6 nitrogen and oxygen atoms in total. The smallest absolute Gasteiger partial charge is 0.243 e. The van der Waals surface area contributed by atoms with Gasteiger partial charge in [-0.2, -0.15) is 4.31 Å². The van der Waals surface area contributed by atoms with Crippen molar-refractivity contribution in [1.82, 2.24) is 9.62 Å². The number of hydrogen-bond acceptors (Lipinski definition) is 3. The fourth-order valence-electron chi connectivity index (χ4n) is 3.07. The SMILES string of the molecule is CC(C)N(C)S(=O)(=O)c1ccc(CN=C(N)NC2CCCCCC2)cc1. The number of sulfonamides is 1. The number of benzene rings is 1. The van der Waals surface area contributed by atoms with Crippen LogP contribution in [0.15, 0.2) is 34.2 Å². The quantitative estimate of drug-likeness (QED) is 0.451. The molecule has 1 fully saturated rings. The minimum atomic E-state index is -3.45. The number of rotatable bonds is 6. The predicted molar refractivity (Wildman–Crippen MR) is 106 cm³/mol. The first-order valence-corrected chi connectivity index (χ1v) is 10.9. The van der Waals surface area contributed by atoms with Gasteiger partial charge in [0, 0.05) is 19.1 Å². The van der Waals surface area contributed by atoms with Crippen LogP contribution in [0.2, 0.25) is 0 Å². The van der Waals surface area contributed by atoms with E-state index < -0.39 is 10.0 Å². The first kappa shape index (κ1) is 20.7. The van der Waals surface area contributed by atoms with Crippen molar-refractivity contribution in [2.75, 3.05) is 7.05 Å². The van der Waals surface area contributed by atoms with Gasteiger partial charge in [0.2, 0.25) is 10.0 Å². The van der Waals surface area contributed by atoms with Gasteiger partial charge in [-0.1, -0.05) is 37.8 Å². The molecule has 0 aromatic heterocycles. The lowest BCUT2D eigenvalue weighted by molar-refractivity contribution is 0.410. The Hall–Kier alpha value is -1.60. The third-order valence-electron chi connectivity index (χ3n) is 4.97. The van der Waals surface area contributed by atoms with Crippen molar-refractivity contribution in [3.63, 3.8) is 0 Å². The molecular formula is C19H32N4O2S. The third-order valence-corrected chi connectivity index (χ3v) is 7.01. The van der Waals surface area contributed by atoms with Gasteiger partial charge in [-0.25, -0.2) is 13.4 Å². The van der Waals surface area contributed by atoms with Gasteiger partial charge in [-0.15, -0.1) is 0 Å². The molecule has 1 aromatic rings. The molecule has 1 aliphatic rings. The number of aliphatic imine (C=N–C) groups is 1. The number of nitrogens with zero attached hydrogens (tertiary/aromatic N) is 2. The standard InChI is InChI=1S/C19H32N4O2S/c1-15(2)23(3)26(24,25)18-12-10-16(11-13-18)14-21-19(20)22-17-8-6-4-5-7-9-17/h10-13,15,17H,4-9,14H2,1-3H3,(H3,20,21,22). The average molecular weight is 381 g/mol. The second kappa shape index (κ2) is 9.37. The van der Waals surface area contributed by atoms with Crippen LogP contribution in [0, 0.1) is 0 Å². The minimum Gasteiger partial charge on any atom is -0.370 e. The van der Waals surface area contributed by atoms with Gasteiger partial charge < -0.3 is 11.1 Å². The van der Waals surface area contributed by atoms with Crippen LogP contribution in [0.3, 0.4) is 0 Å². The van der Waals surface area contributed by atoms with Gasteiger partial charge in [0.25, 0.3) is 0 Å². The second-order valence-electron chi connectivity index (χ2n) is 7.29. The normalized spacial score (nSPS) is 17.5. The van der Waals surface area contributed by atoms with Crippen molar-refractivity contribution >= 4 is 16.0 Å². The molecule has 26 heavy (non-hydrogen) atoms. The van der Waals surface area contributed by atoms with Gasteiger partial charge in [0.1, 0.15) is 0 Å². The Kier molecular flexibility index (Phi) is 7.46. The summed E-state index contributed by atoms with van der Waals surface area (Å²) in [5.74, 6) is 0.466. The van der Waals surface area contributed by atoms with Crippen molar-refractivity contribution in [2.45, 2.75) is 75.9 Å². The molecule has 0 radical (unpaired) electrons. The monoisotopic (exact) mass is 380 g/mol. The highest BCUT2D eigenvalue weighted by Crippen LogP contribution is 2.18. The van der Waals surface area contributed by atoms with Crippen molar-refractivity contribution in [1.29, 1.82) is 0 Å². The van der Waals surface area contributed by atoms with Gasteiger partial charge in [-0.05, 0) is 44.4 Å². The summed E-state index contributed by atoms with van der Waals surface area (Å²) in [6.45, 7) is 4.14. The maximum absolute atomic E-state index is 12.5. The van der Waals surface area contributed by atoms with Crippen LogP contribution in [-0.2, 0) is 16.6 Å². The molecule has 0 bridgehead atoms. The number of nitrogens with one attached hydrogen (secondary N) is 1. The van der Waals surface area contributed by atoms with E-state index in [1.54, 1.807) is 31.3 Å². The van der Waals surface area contributed by atoms with Gasteiger partial charge in [0.15, 0.2) is 5.96 Å². The molecule has 0 atom stereocenters. The second-order valence-corrected chi connectivity index (χ2v) is 9.29. The summed E-state index contributed by atoms with van der Waals surface area (Å²) in [6.07, 6.45) is 7.38. The van der Waals surface area contributed by atoms with Crippen LogP contribution in [-0.4, -0.2) is 37.8 Å². The van der Waals surface area contributed by atoms with Crippen LogP contribution in [0.4, 0.5) is 0 Å².